The lowest BCUT2D eigenvalue weighted by molar-refractivity contribution is -0.402. The smallest absolute Gasteiger partial charge is 0.404 e. The first-order valence-electron chi connectivity index (χ1n) is 7.22. The molecule has 2 unspecified atom stereocenters. The number of likely N-dealkylation sites (tertiary alicyclic amines) is 1. The molecule has 2 N–H and O–H groups in total. The van der Waals surface area contributed by atoms with Crippen LogP contribution in [0.5, 0.6) is 0 Å². The van der Waals surface area contributed by atoms with Gasteiger partial charge in [0.2, 0.25) is 0 Å². The van der Waals surface area contributed by atoms with Crippen LogP contribution >= 0.6 is 0 Å². The zero-order chi connectivity index (χ0) is 14.7. The first-order chi connectivity index (χ1) is 9.49. The number of nitrogens with two attached hydrogens (primary N) is 1. The largest absolute Gasteiger partial charge is 0.433 e. The van der Waals surface area contributed by atoms with Gasteiger partial charge in [0, 0.05) is 12.6 Å². The minimum Gasteiger partial charge on any atom is -0.404 e. The molecule has 112 valence electrons. The standard InChI is InChI=1S/C14H23N3O3/c1-10(2)9-16-8-4-3-5-11(15)14(16)12-6-7-13(20-12)17(18)19/h6-7,10-11,14H,3-5,8-9,15H2,1-2H3. The van der Waals surface area contributed by atoms with Crippen LogP contribution in [0.4, 0.5) is 5.88 Å². The number of hydrogen-bond acceptors (Lipinski definition) is 5. The van der Waals surface area contributed by atoms with Gasteiger partial charge >= 0.3 is 5.88 Å². The second-order valence-electron chi connectivity index (χ2n) is 5.93. The van der Waals surface area contributed by atoms with Crippen molar-refractivity contribution < 1.29 is 9.34 Å². The maximum absolute atomic E-state index is 10.8. The molecule has 0 saturated carbocycles. The van der Waals surface area contributed by atoms with E-state index >= 15 is 0 Å². The molecule has 6 nitrogen and oxygen atoms in total. The van der Waals surface area contributed by atoms with Crippen LogP contribution in [0.2, 0.25) is 0 Å². The van der Waals surface area contributed by atoms with Gasteiger partial charge in [-0.3, -0.25) is 15.0 Å². The third-order valence-electron chi connectivity index (χ3n) is 3.72. The molecule has 0 spiro atoms. The van der Waals surface area contributed by atoms with E-state index in [1.165, 1.54) is 6.07 Å². The summed E-state index contributed by atoms with van der Waals surface area (Å²) >= 11 is 0. The molecule has 0 bridgehead atoms. The van der Waals surface area contributed by atoms with E-state index in [1.54, 1.807) is 6.07 Å². The van der Waals surface area contributed by atoms with Crippen molar-refractivity contribution >= 4 is 5.88 Å². The summed E-state index contributed by atoms with van der Waals surface area (Å²) in [5.74, 6) is 0.931. The van der Waals surface area contributed by atoms with Crippen molar-refractivity contribution in [1.29, 1.82) is 0 Å². The second-order valence-corrected chi connectivity index (χ2v) is 5.93. The molecule has 1 saturated heterocycles. The lowest BCUT2D eigenvalue weighted by atomic mass is 10.0. The summed E-state index contributed by atoms with van der Waals surface area (Å²) in [5, 5.41) is 10.8. The van der Waals surface area contributed by atoms with Crippen LogP contribution in [0, 0.1) is 16.0 Å². The van der Waals surface area contributed by atoms with Crippen LogP contribution in [0.25, 0.3) is 0 Å². The summed E-state index contributed by atoms with van der Waals surface area (Å²) in [4.78, 5) is 12.6. The highest BCUT2D eigenvalue weighted by Crippen LogP contribution is 2.32. The monoisotopic (exact) mass is 281 g/mol. The number of nitro groups is 1. The lowest BCUT2D eigenvalue weighted by Crippen LogP contribution is -2.41. The maximum atomic E-state index is 10.8. The maximum Gasteiger partial charge on any atom is 0.433 e. The normalized spacial score (nSPS) is 24.8. The highest BCUT2D eigenvalue weighted by Gasteiger charge is 2.32. The van der Waals surface area contributed by atoms with Crippen molar-refractivity contribution in [1.82, 2.24) is 4.90 Å². The molecule has 1 aromatic rings. The van der Waals surface area contributed by atoms with E-state index in [-0.39, 0.29) is 18.0 Å². The predicted molar refractivity (Wildman–Crippen MR) is 76.3 cm³/mol. The molecule has 0 radical (unpaired) electrons. The molecule has 0 amide bonds. The molecule has 2 heterocycles. The summed E-state index contributed by atoms with van der Waals surface area (Å²) in [6.07, 6.45) is 3.13. The Hall–Kier alpha value is -1.40. The Balaban J connectivity index is 2.26. The van der Waals surface area contributed by atoms with E-state index in [0.29, 0.717) is 11.7 Å². The molecule has 2 atom stereocenters. The third-order valence-corrected chi connectivity index (χ3v) is 3.72. The van der Waals surface area contributed by atoms with E-state index in [9.17, 15) is 10.1 Å². The highest BCUT2D eigenvalue weighted by atomic mass is 16.6. The van der Waals surface area contributed by atoms with Crippen molar-refractivity contribution in [3.8, 4) is 0 Å². The van der Waals surface area contributed by atoms with Crippen molar-refractivity contribution in [3.05, 3.63) is 28.0 Å². The fourth-order valence-corrected chi connectivity index (χ4v) is 2.93. The Morgan fingerprint density at radius 1 is 1.50 bits per heavy atom. The summed E-state index contributed by atoms with van der Waals surface area (Å²) in [6, 6.07) is 3.01. The van der Waals surface area contributed by atoms with Gasteiger partial charge in [-0.1, -0.05) is 20.3 Å². The van der Waals surface area contributed by atoms with Crippen LogP contribution < -0.4 is 5.73 Å². The van der Waals surface area contributed by atoms with Gasteiger partial charge in [-0.15, -0.1) is 0 Å². The van der Waals surface area contributed by atoms with Crippen molar-refractivity contribution in [3.63, 3.8) is 0 Å². The van der Waals surface area contributed by atoms with Gasteiger partial charge in [0.05, 0.1) is 12.1 Å². The van der Waals surface area contributed by atoms with Gasteiger partial charge in [-0.05, 0) is 31.4 Å². The average molecular weight is 281 g/mol. The Labute approximate surface area is 119 Å². The van der Waals surface area contributed by atoms with Gasteiger partial charge < -0.3 is 10.2 Å². The van der Waals surface area contributed by atoms with Crippen molar-refractivity contribution in [2.75, 3.05) is 13.1 Å². The highest BCUT2D eigenvalue weighted by molar-refractivity contribution is 5.21. The van der Waals surface area contributed by atoms with E-state index in [1.807, 2.05) is 0 Å². The predicted octanol–water partition coefficient (Wildman–Crippen LogP) is 2.70. The molecule has 0 aromatic carbocycles. The SMILES string of the molecule is CC(C)CN1CCCCC(N)C1c1ccc([N+](=O)[O-])o1. The van der Waals surface area contributed by atoms with Gasteiger partial charge in [0.25, 0.3) is 0 Å². The fourth-order valence-electron chi connectivity index (χ4n) is 2.93. The summed E-state index contributed by atoms with van der Waals surface area (Å²) in [6.45, 7) is 6.22. The van der Waals surface area contributed by atoms with Crippen LogP contribution in [0.15, 0.2) is 16.5 Å². The van der Waals surface area contributed by atoms with Gasteiger partial charge in [0.15, 0.2) is 0 Å². The molecule has 2 rings (SSSR count). The van der Waals surface area contributed by atoms with Crippen molar-refractivity contribution in [2.24, 2.45) is 11.7 Å². The summed E-state index contributed by atoms with van der Waals surface area (Å²) in [7, 11) is 0. The molecule has 1 aromatic heterocycles. The molecule has 1 fully saturated rings. The Kier molecular flexibility index (Phi) is 4.77. The van der Waals surface area contributed by atoms with E-state index in [2.05, 4.69) is 18.7 Å². The lowest BCUT2D eigenvalue weighted by Gasteiger charge is -2.32. The topological polar surface area (TPSA) is 85.5 Å². The van der Waals surface area contributed by atoms with Crippen LogP contribution in [0.3, 0.4) is 0 Å². The molecular weight excluding hydrogens is 258 g/mol. The van der Waals surface area contributed by atoms with E-state index < -0.39 is 4.92 Å². The van der Waals surface area contributed by atoms with Crippen LogP contribution in [-0.4, -0.2) is 29.0 Å². The summed E-state index contributed by atoms with van der Waals surface area (Å²) < 4.78 is 5.40. The molecule has 20 heavy (non-hydrogen) atoms. The van der Waals surface area contributed by atoms with Crippen LogP contribution in [0.1, 0.15) is 44.9 Å². The Morgan fingerprint density at radius 3 is 2.85 bits per heavy atom. The molecule has 1 aliphatic heterocycles. The quantitative estimate of drug-likeness (QED) is 0.677. The van der Waals surface area contributed by atoms with Gasteiger partial charge in [-0.2, -0.15) is 0 Å². The zero-order valence-electron chi connectivity index (χ0n) is 12.1. The number of rotatable bonds is 4. The van der Waals surface area contributed by atoms with E-state index in [4.69, 9.17) is 10.2 Å². The Morgan fingerprint density at radius 2 is 2.25 bits per heavy atom. The Bertz CT molecular complexity index is 458. The molecule has 6 heteroatoms. The fraction of sp³-hybridized carbons (Fsp3) is 0.714. The third kappa shape index (κ3) is 3.37. The molecule has 0 aliphatic carbocycles. The first kappa shape index (κ1) is 15.0. The number of nitrogens with zero attached hydrogens (tertiary/aromatic N) is 2. The van der Waals surface area contributed by atoms with Crippen LogP contribution in [-0.2, 0) is 0 Å². The van der Waals surface area contributed by atoms with E-state index in [0.717, 1.165) is 32.4 Å². The minimum absolute atomic E-state index is 0.0398. The average Bonchev–Trinajstić information content (AvgIpc) is 2.76. The van der Waals surface area contributed by atoms with Gasteiger partial charge in [-0.25, -0.2) is 0 Å². The van der Waals surface area contributed by atoms with Crippen molar-refractivity contribution in [2.45, 2.75) is 45.2 Å². The molecular formula is C14H23N3O3. The number of hydrogen-bond donors (Lipinski definition) is 1. The minimum atomic E-state index is -0.501. The number of furan rings is 1. The molecule has 1 aliphatic rings. The summed E-state index contributed by atoms with van der Waals surface area (Å²) in [5.41, 5.74) is 6.29. The first-order valence-corrected chi connectivity index (χ1v) is 7.22. The van der Waals surface area contributed by atoms with Gasteiger partial charge in [0.1, 0.15) is 10.7 Å². The zero-order valence-corrected chi connectivity index (χ0v) is 12.1. The second kappa shape index (κ2) is 6.37.